The minimum absolute atomic E-state index is 0.106. The van der Waals surface area contributed by atoms with Crippen molar-refractivity contribution >= 4 is 68.3 Å². The van der Waals surface area contributed by atoms with Crippen LogP contribution in [0.2, 0.25) is 5.02 Å². The van der Waals surface area contributed by atoms with E-state index in [-0.39, 0.29) is 17.6 Å². The third-order valence-electron chi connectivity index (χ3n) is 3.55. The first kappa shape index (κ1) is 23.6. The molecule has 4 N–H and O–H groups in total. The first-order valence-corrected chi connectivity index (χ1v) is 10.2. The number of anilines is 1. The molecule has 0 aliphatic rings. The van der Waals surface area contributed by atoms with Gasteiger partial charge in [-0.2, -0.15) is 0 Å². The Morgan fingerprint density at radius 2 is 1.77 bits per heavy atom. The van der Waals surface area contributed by atoms with Gasteiger partial charge in [-0.1, -0.05) is 34.5 Å². The highest BCUT2D eigenvalue weighted by molar-refractivity contribution is 9.10. The zero-order valence-electron chi connectivity index (χ0n) is 15.8. The summed E-state index contributed by atoms with van der Waals surface area (Å²) in [5.74, 6) is -0.781. The maximum absolute atomic E-state index is 12.1. The minimum atomic E-state index is -0.531. The molecule has 8 nitrogen and oxygen atoms in total. The van der Waals surface area contributed by atoms with Crippen molar-refractivity contribution in [2.75, 3.05) is 11.9 Å². The summed E-state index contributed by atoms with van der Waals surface area (Å²) in [5, 5.41) is 5.30. The van der Waals surface area contributed by atoms with Crippen LogP contribution in [0.5, 0.6) is 5.75 Å². The smallest absolute Gasteiger partial charge is 0.269 e. The average molecular weight is 514 g/mol. The van der Waals surface area contributed by atoms with Crippen molar-refractivity contribution in [2.45, 2.75) is 13.3 Å². The van der Waals surface area contributed by atoms with E-state index in [1.807, 2.05) is 0 Å². The first-order chi connectivity index (χ1) is 14.3. The van der Waals surface area contributed by atoms with Crippen molar-refractivity contribution in [3.05, 3.63) is 57.5 Å². The van der Waals surface area contributed by atoms with E-state index in [4.69, 9.17) is 28.6 Å². The van der Waals surface area contributed by atoms with E-state index >= 15 is 0 Å². The van der Waals surface area contributed by atoms with Gasteiger partial charge in [0.2, 0.25) is 5.91 Å². The number of hydrogen-bond donors (Lipinski definition) is 4. The standard InChI is InChI=1S/C19H18BrClN4O4S/c1-2-16(26)22-13-6-3-11(4-7-13)18(28)24-25-19(30)23-17(27)10-29-15-8-5-12(20)9-14(15)21/h3-9H,2,10H2,1H3,(H,22,26)(H,24,28)(H2,23,25,27,30). The molecule has 0 saturated heterocycles. The molecule has 11 heteroatoms. The molecule has 158 valence electrons. The summed E-state index contributed by atoms with van der Waals surface area (Å²) < 4.78 is 6.11. The van der Waals surface area contributed by atoms with Gasteiger partial charge in [-0.05, 0) is 54.7 Å². The van der Waals surface area contributed by atoms with Gasteiger partial charge < -0.3 is 10.1 Å². The van der Waals surface area contributed by atoms with Crippen molar-refractivity contribution in [3.63, 3.8) is 0 Å². The number of halogens is 2. The lowest BCUT2D eigenvalue weighted by atomic mass is 10.2. The third kappa shape index (κ3) is 7.62. The number of carbonyl (C=O) groups is 3. The van der Waals surface area contributed by atoms with E-state index in [9.17, 15) is 14.4 Å². The molecule has 2 rings (SSSR count). The fourth-order valence-corrected chi connectivity index (χ4v) is 2.96. The Morgan fingerprint density at radius 1 is 1.07 bits per heavy atom. The van der Waals surface area contributed by atoms with E-state index in [1.165, 1.54) is 0 Å². The monoisotopic (exact) mass is 512 g/mol. The molecule has 30 heavy (non-hydrogen) atoms. The summed E-state index contributed by atoms with van der Waals surface area (Å²) in [6.07, 6.45) is 0.358. The largest absolute Gasteiger partial charge is 0.482 e. The number of carbonyl (C=O) groups excluding carboxylic acids is 3. The molecule has 3 amide bonds. The Hall–Kier alpha value is -2.69. The summed E-state index contributed by atoms with van der Waals surface area (Å²) >= 11 is 14.2. The molecule has 0 saturated carbocycles. The van der Waals surface area contributed by atoms with Crippen LogP contribution >= 0.6 is 39.7 Å². The molecule has 0 aliphatic heterocycles. The Balaban J connectivity index is 1.75. The molecule has 0 heterocycles. The van der Waals surface area contributed by atoms with Crippen molar-refractivity contribution in [1.29, 1.82) is 0 Å². The van der Waals surface area contributed by atoms with Gasteiger partial charge in [0.1, 0.15) is 5.75 Å². The summed E-state index contributed by atoms with van der Waals surface area (Å²) in [7, 11) is 0. The molecule has 0 unspecified atom stereocenters. The Labute approximate surface area is 191 Å². The van der Waals surface area contributed by atoms with Gasteiger partial charge in [0.15, 0.2) is 11.7 Å². The maximum atomic E-state index is 12.1. The highest BCUT2D eigenvalue weighted by Crippen LogP contribution is 2.27. The van der Waals surface area contributed by atoms with Gasteiger partial charge in [0, 0.05) is 22.1 Å². The first-order valence-electron chi connectivity index (χ1n) is 8.66. The van der Waals surface area contributed by atoms with Gasteiger partial charge in [-0.25, -0.2) is 0 Å². The summed E-state index contributed by atoms with van der Waals surface area (Å²) in [4.78, 5) is 35.4. The number of hydrazine groups is 1. The normalized spacial score (nSPS) is 9.97. The molecule has 0 bridgehead atoms. The summed E-state index contributed by atoms with van der Waals surface area (Å²) in [6, 6.07) is 11.3. The Bertz CT molecular complexity index is 956. The average Bonchev–Trinajstić information content (AvgIpc) is 2.71. The van der Waals surface area contributed by atoms with E-state index in [2.05, 4.69) is 37.4 Å². The van der Waals surface area contributed by atoms with Crippen LogP contribution in [-0.2, 0) is 9.59 Å². The van der Waals surface area contributed by atoms with Crippen molar-refractivity contribution in [1.82, 2.24) is 16.2 Å². The molecule has 2 aromatic carbocycles. The summed E-state index contributed by atoms with van der Waals surface area (Å²) in [6.45, 7) is 1.43. The van der Waals surface area contributed by atoms with Crippen molar-refractivity contribution in [2.24, 2.45) is 0 Å². The second-order valence-corrected chi connectivity index (χ2v) is 7.53. The number of amides is 3. The molecule has 0 atom stereocenters. The number of hydrogen-bond acceptors (Lipinski definition) is 5. The van der Waals surface area contributed by atoms with E-state index in [1.54, 1.807) is 49.4 Å². The van der Waals surface area contributed by atoms with Gasteiger partial charge >= 0.3 is 0 Å². The van der Waals surface area contributed by atoms with Crippen LogP contribution in [0.1, 0.15) is 23.7 Å². The molecule has 0 aliphatic carbocycles. The van der Waals surface area contributed by atoms with Gasteiger partial charge in [-0.3, -0.25) is 30.6 Å². The van der Waals surface area contributed by atoms with Gasteiger partial charge in [0.05, 0.1) is 5.02 Å². The Kier molecular flexibility index (Phi) is 9.03. The lowest BCUT2D eigenvalue weighted by Crippen LogP contribution is -2.49. The molecular weight excluding hydrogens is 496 g/mol. The molecule has 0 radical (unpaired) electrons. The van der Waals surface area contributed by atoms with E-state index in [0.717, 1.165) is 4.47 Å². The van der Waals surface area contributed by atoms with Crippen LogP contribution in [0, 0.1) is 0 Å². The number of thiocarbonyl (C=S) groups is 1. The SMILES string of the molecule is CCC(=O)Nc1ccc(C(=O)NNC(=S)NC(=O)COc2ccc(Br)cc2Cl)cc1. The molecule has 0 aromatic heterocycles. The lowest BCUT2D eigenvalue weighted by Gasteiger charge is -2.12. The minimum Gasteiger partial charge on any atom is -0.482 e. The van der Waals surface area contributed by atoms with Gasteiger partial charge in [0.25, 0.3) is 11.8 Å². The van der Waals surface area contributed by atoms with Crippen LogP contribution in [0.25, 0.3) is 0 Å². The molecule has 0 spiro atoms. The lowest BCUT2D eigenvalue weighted by molar-refractivity contribution is -0.121. The van der Waals surface area contributed by atoms with Crippen LogP contribution in [0.3, 0.4) is 0 Å². The number of benzene rings is 2. The maximum Gasteiger partial charge on any atom is 0.269 e. The fourth-order valence-electron chi connectivity index (χ4n) is 2.07. The third-order valence-corrected chi connectivity index (χ3v) is 4.54. The van der Waals surface area contributed by atoms with Crippen LogP contribution in [0.4, 0.5) is 5.69 Å². The molecule has 0 fully saturated rings. The number of rotatable bonds is 6. The molecule has 2 aromatic rings. The fraction of sp³-hybridized carbons (Fsp3) is 0.158. The second-order valence-electron chi connectivity index (χ2n) is 5.80. The van der Waals surface area contributed by atoms with Crippen LogP contribution in [-0.4, -0.2) is 29.4 Å². The highest BCUT2D eigenvalue weighted by atomic mass is 79.9. The van der Waals surface area contributed by atoms with E-state index < -0.39 is 11.8 Å². The zero-order valence-corrected chi connectivity index (χ0v) is 18.9. The van der Waals surface area contributed by atoms with Crippen molar-refractivity contribution in [3.8, 4) is 5.75 Å². The summed E-state index contributed by atoms with van der Waals surface area (Å²) in [5.41, 5.74) is 5.71. The quantitative estimate of drug-likeness (QED) is 0.349. The van der Waals surface area contributed by atoms with Crippen LogP contribution < -0.4 is 26.2 Å². The number of ether oxygens (including phenoxy) is 1. The van der Waals surface area contributed by atoms with Crippen LogP contribution in [0.15, 0.2) is 46.9 Å². The Morgan fingerprint density at radius 3 is 2.40 bits per heavy atom. The molecular formula is C19H18BrClN4O4S. The second kappa shape index (κ2) is 11.5. The topological polar surface area (TPSA) is 109 Å². The zero-order chi connectivity index (χ0) is 22.1. The highest BCUT2D eigenvalue weighted by Gasteiger charge is 2.10. The van der Waals surface area contributed by atoms with E-state index in [0.29, 0.717) is 28.4 Å². The number of nitrogens with one attached hydrogen (secondary N) is 4. The van der Waals surface area contributed by atoms with Gasteiger partial charge in [-0.15, -0.1) is 0 Å². The predicted molar refractivity (Wildman–Crippen MR) is 121 cm³/mol. The predicted octanol–water partition coefficient (Wildman–Crippen LogP) is 3.17. The van der Waals surface area contributed by atoms with Crippen molar-refractivity contribution < 1.29 is 19.1 Å².